The average molecular weight is 315 g/mol. The van der Waals surface area contributed by atoms with Crippen LogP contribution in [0.4, 0.5) is 5.13 Å². The average Bonchev–Trinajstić information content (AvgIpc) is 2.89. The van der Waals surface area contributed by atoms with Gasteiger partial charge in [0.2, 0.25) is 0 Å². The van der Waals surface area contributed by atoms with Gasteiger partial charge in [-0.05, 0) is 12.8 Å². The van der Waals surface area contributed by atoms with E-state index in [1.807, 2.05) is 0 Å². The van der Waals surface area contributed by atoms with Crippen molar-refractivity contribution in [3.63, 3.8) is 0 Å². The van der Waals surface area contributed by atoms with Crippen molar-refractivity contribution in [3.8, 4) is 0 Å². The molecule has 0 atom stereocenters. The fraction of sp³-hybridized carbons (Fsp3) is 0.800. The van der Waals surface area contributed by atoms with Crippen molar-refractivity contribution in [2.24, 2.45) is 0 Å². The van der Waals surface area contributed by atoms with E-state index in [1.54, 1.807) is 25.6 Å². The number of thiazole rings is 1. The van der Waals surface area contributed by atoms with E-state index >= 15 is 0 Å². The molecular formula is C15H29N3O2S. The molecule has 1 rings (SSSR count). The van der Waals surface area contributed by atoms with E-state index in [1.165, 1.54) is 10.6 Å². The second-order valence-corrected chi connectivity index (χ2v) is 6.26. The third-order valence-corrected chi connectivity index (χ3v) is 4.38. The Bertz CT molecular complexity index is 396. The van der Waals surface area contributed by atoms with Crippen LogP contribution in [-0.4, -0.2) is 52.1 Å². The highest BCUT2D eigenvalue weighted by Crippen LogP contribution is 2.30. The molecule has 0 spiro atoms. The van der Waals surface area contributed by atoms with Gasteiger partial charge in [-0.1, -0.05) is 13.8 Å². The van der Waals surface area contributed by atoms with Crippen LogP contribution in [0.5, 0.6) is 0 Å². The van der Waals surface area contributed by atoms with E-state index in [2.05, 4.69) is 31.0 Å². The Morgan fingerprint density at radius 2 is 1.95 bits per heavy atom. The van der Waals surface area contributed by atoms with E-state index in [4.69, 9.17) is 14.5 Å². The summed E-state index contributed by atoms with van der Waals surface area (Å²) in [5, 5.41) is 4.51. The fourth-order valence-corrected chi connectivity index (χ4v) is 3.30. The number of aromatic nitrogens is 1. The number of likely N-dealkylation sites (N-methyl/N-ethyl adjacent to an activating group) is 1. The van der Waals surface area contributed by atoms with Gasteiger partial charge in [0.05, 0.1) is 18.9 Å². The highest BCUT2D eigenvalue weighted by molar-refractivity contribution is 7.15. The summed E-state index contributed by atoms with van der Waals surface area (Å²) >= 11 is 1.78. The summed E-state index contributed by atoms with van der Waals surface area (Å²) in [5.41, 5.74) is 1.20. The van der Waals surface area contributed by atoms with Gasteiger partial charge in [-0.2, -0.15) is 0 Å². The first-order valence-corrected chi connectivity index (χ1v) is 8.38. The smallest absolute Gasteiger partial charge is 0.185 e. The second-order valence-electron chi connectivity index (χ2n) is 5.20. The van der Waals surface area contributed by atoms with E-state index in [0.717, 1.165) is 44.5 Å². The molecule has 5 nitrogen and oxygen atoms in total. The summed E-state index contributed by atoms with van der Waals surface area (Å²) in [6.45, 7) is 11.6. The lowest BCUT2D eigenvalue weighted by Gasteiger charge is -2.18. The third-order valence-electron chi connectivity index (χ3n) is 3.25. The number of hydrogen-bond donors (Lipinski definition) is 1. The third kappa shape index (κ3) is 5.90. The molecule has 0 saturated heterocycles. The number of hydrogen-bond acceptors (Lipinski definition) is 6. The van der Waals surface area contributed by atoms with Crippen molar-refractivity contribution in [1.29, 1.82) is 0 Å². The Morgan fingerprint density at radius 3 is 2.52 bits per heavy atom. The van der Waals surface area contributed by atoms with Gasteiger partial charge < -0.3 is 19.7 Å². The molecular weight excluding hydrogens is 286 g/mol. The highest BCUT2D eigenvalue weighted by Gasteiger charge is 2.17. The molecule has 1 aromatic rings. The molecule has 0 fully saturated rings. The van der Waals surface area contributed by atoms with Gasteiger partial charge in [0.25, 0.3) is 0 Å². The Morgan fingerprint density at radius 1 is 1.24 bits per heavy atom. The van der Waals surface area contributed by atoms with Crippen LogP contribution < -0.4 is 10.2 Å². The maximum atomic E-state index is 5.18. The molecule has 0 bridgehead atoms. The SMILES string of the molecule is CCN(CCOC)c1nc(C(C)C)c(CNCCOC)s1. The second kappa shape index (κ2) is 10.1. The van der Waals surface area contributed by atoms with E-state index < -0.39 is 0 Å². The van der Waals surface area contributed by atoms with Crippen LogP contribution >= 0.6 is 11.3 Å². The molecule has 0 radical (unpaired) electrons. The zero-order chi connectivity index (χ0) is 15.7. The number of nitrogens with one attached hydrogen (secondary N) is 1. The standard InChI is InChI=1S/C15H29N3O2S/c1-6-18(8-10-20-5)15-17-14(12(2)3)13(21-15)11-16-7-9-19-4/h12,16H,6-11H2,1-5H3. The molecule has 21 heavy (non-hydrogen) atoms. The lowest BCUT2D eigenvalue weighted by Crippen LogP contribution is -2.26. The first-order chi connectivity index (χ1) is 10.1. The number of nitrogens with zero attached hydrogens (tertiary/aromatic N) is 2. The molecule has 6 heteroatoms. The topological polar surface area (TPSA) is 46.6 Å². The Kier molecular flexibility index (Phi) is 8.84. The largest absolute Gasteiger partial charge is 0.383 e. The molecule has 1 heterocycles. The summed E-state index contributed by atoms with van der Waals surface area (Å²) in [6, 6.07) is 0. The van der Waals surface area contributed by atoms with Crippen LogP contribution in [0.2, 0.25) is 0 Å². The molecule has 1 N–H and O–H groups in total. The summed E-state index contributed by atoms with van der Waals surface area (Å²) in [4.78, 5) is 8.45. The summed E-state index contributed by atoms with van der Waals surface area (Å²) in [6.07, 6.45) is 0. The maximum absolute atomic E-state index is 5.18. The molecule has 0 aliphatic heterocycles. The minimum absolute atomic E-state index is 0.440. The molecule has 1 aromatic heterocycles. The Hall–Kier alpha value is -0.690. The molecule has 0 aromatic carbocycles. The van der Waals surface area contributed by atoms with Crippen LogP contribution in [0.15, 0.2) is 0 Å². The number of anilines is 1. The zero-order valence-corrected chi connectivity index (χ0v) is 14.8. The summed E-state index contributed by atoms with van der Waals surface area (Å²) < 4.78 is 10.2. The van der Waals surface area contributed by atoms with Crippen LogP contribution in [-0.2, 0) is 16.0 Å². The number of rotatable bonds is 11. The van der Waals surface area contributed by atoms with Crippen LogP contribution in [0.3, 0.4) is 0 Å². The predicted octanol–water partition coefficient (Wildman–Crippen LogP) is 2.48. The van der Waals surface area contributed by atoms with Crippen molar-refractivity contribution < 1.29 is 9.47 Å². The van der Waals surface area contributed by atoms with Gasteiger partial charge in [-0.25, -0.2) is 4.98 Å². The minimum atomic E-state index is 0.440. The van der Waals surface area contributed by atoms with Crippen molar-refractivity contribution in [2.45, 2.75) is 33.2 Å². The van der Waals surface area contributed by atoms with Crippen LogP contribution in [0.25, 0.3) is 0 Å². The highest BCUT2D eigenvalue weighted by atomic mass is 32.1. The molecule has 0 unspecified atom stereocenters. The number of methoxy groups -OCH3 is 2. The van der Waals surface area contributed by atoms with Gasteiger partial charge >= 0.3 is 0 Å². The fourth-order valence-electron chi connectivity index (χ4n) is 2.03. The molecule has 0 aliphatic rings. The van der Waals surface area contributed by atoms with Crippen LogP contribution in [0, 0.1) is 0 Å². The predicted molar refractivity (Wildman–Crippen MR) is 89.5 cm³/mol. The quantitative estimate of drug-likeness (QED) is 0.636. The molecule has 0 saturated carbocycles. The first kappa shape index (κ1) is 18.4. The van der Waals surface area contributed by atoms with Gasteiger partial charge in [0.15, 0.2) is 5.13 Å². The Labute approximate surface area is 132 Å². The lowest BCUT2D eigenvalue weighted by molar-refractivity contribution is 0.199. The van der Waals surface area contributed by atoms with Gasteiger partial charge in [0.1, 0.15) is 0 Å². The van der Waals surface area contributed by atoms with Crippen molar-refractivity contribution >= 4 is 16.5 Å². The van der Waals surface area contributed by atoms with E-state index in [0.29, 0.717) is 5.92 Å². The molecule has 122 valence electrons. The van der Waals surface area contributed by atoms with Crippen molar-refractivity contribution in [2.75, 3.05) is 52.0 Å². The van der Waals surface area contributed by atoms with E-state index in [-0.39, 0.29) is 0 Å². The van der Waals surface area contributed by atoms with Crippen molar-refractivity contribution in [3.05, 3.63) is 10.6 Å². The van der Waals surface area contributed by atoms with Crippen molar-refractivity contribution in [1.82, 2.24) is 10.3 Å². The molecule has 0 aliphatic carbocycles. The Balaban J connectivity index is 2.76. The van der Waals surface area contributed by atoms with Gasteiger partial charge in [0, 0.05) is 45.3 Å². The van der Waals surface area contributed by atoms with Crippen LogP contribution in [0.1, 0.15) is 37.3 Å². The zero-order valence-electron chi connectivity index (χ0n) is 13.9. The normalized spacial score (nSPS) is 11.3. The lowest BCUT2D eigenvalue weighted by atomic mass is 10.1. The van der Waals surface area contributed by atoms with Gasteiger partial charge in [-0.15, -0.1) is 11.3 Å². The summed E-state index contributed by atoms with van der Waals surface area (Å²) in [7, 11) is 3.46. The first-order valence-electron chi connectivity index (χ1n) is 7.57. The summed E-state index contributed by atoms with van der Waals surface area (Å²) in [5.74, 6) is 0.440. The van der Waals surface area contributed by atoms with E-state index in [9.17, 15) is 0 Å². The van der Waals surface area contributed by atoms with Gasteiger partial charge in [-0.3, -0.25) is 0 Å². The number of ether oxygens (including phenoxy) is 2. The maximum Gasteiger partial charge on any atom is 0.185 e. The monoisotopic (exact) mass is 315 g/mol. The minimum Gasteiger partial charge on any atom is -0.383 e. The molecule has 0 amide bonds.